The van der Waals surface area contributed by atoms with Crippen LogP contribution in [0.2, 0.25) is 0 Å². The maximum absolute atomic E-state index is 7.00. The first-order chi connectivity index (χ1) is 29.5. The Hall–Kier alpha value is -7.20. The summed E-state index contributed by atoms with van der Waals surface area (Å²) in [6, 6.07) is 69.4. The molecule has 2 nitrogen and oxygen atoms in total. The summed E-state index contributed by atoms with van der Waals surface area (Å²) >= 11 is 1.85. The van der Waals surface area contributed by atoms with Gasteiger partial charge in [-0.25, -0.2) is 0 Å². The summed E-state index contributed by atoms with van der Waals surface area (Å²) in [6.07, 6.45) is 0. The Balaban J connectivity index is 0.989. The molecule has 0 saturated heterocycles. The third-order valence-electron chi connectivity index (χ3n) is 13.2. The molecule has 10 aromatic carbocycles. The monoisotopic (exact) mass is 783 g/mol. The van der Waals surface area contributed by atoms with E-state index in [4.69, 9.17) is 4.74 Å². The van der Waals surface area contributed by atoms with Crippen molar-refractivity contribution in [3.8, 4) is 44.9 Å². The van der Waals surface area contributed by atoms with Crippen LogP contribution in [-0.2, 0) is 5.41 Å². The average molecular weight is 784 g/mol. The molecule has 60 heavy (non-hydrogen) atoms. The lowest BCUT2D eigenvalue weighted by Crippen LogP contribution is -2.15. The smallest absolute Gasteiger partial charge is 0.137 e. The van der Waals surface area contributed by atoms with Crippen LogP contribution >= 0.6 is 11.3 Å². The zero-order valence-corrected chi connectivity index (χ0v) is 34.0. The molecule has 0 saturated carbocycles. The summed E-state index contributed by atoms with van der Waals surface area (Å²) in [7, 11) is 0. The van der Waals surface area contributed by atoms with Crippen LogP contribution < -0.4 is 9.64 Å². The van der Waals surface area contributed by atoms with Crippen molar-refractivity contribution in [3.05, 3.63) is 199 Å². The second kappa shape index (κ2) is 12.4. The summed E-state index contributed by atoms with van der Waals surface area (Å²) in [5, 5.41) is 9.96. The second-order valence-electron chi connectivity index (χ2n) is 16.8. The zero-order chi connectivity index (χ0) is 39.7. The minimum Gasteiger partial charge on any atom is -0.456 e. The molecule has 1 aromatic heterocycles. The van der Waals surface area contributed by atoms with Crippen molar-refractivity contribution in [3.63, 3.8) is 0 Å². The molecule has 0 bridgehead atoms. The largest absolute Gasteiger partial charge is 0.456 e. The molecule has 0 amide bonds. The van der Waals surface area contributed by atoms with Crippen LogP contribution in [0.3, 0.4) is 0 Å². The summed E-state index contributed by atoms with van der Waals surface area (Å²) in [5.41, 5.74) is 13.3. The van der Waals surface area contributed by atoms with Gasteiger partial charge in [0.15, 0.2) is 0 Å². The molecule has 0 fully saturated rings. The summed E-state index contributed by atoms with van der Waals surface area (Å²) in [6.45, 7) is 4.69. The van der Waals surface area contributed by atoms with Gasteiger partial charge in [-0.3, -0.25) is 0 Å². The van der Waals surface area contributed by atoms with Gasteiger partial charge in [0.1, 0.15) is 11.5 Å². The van der Waals surface area contributed by atoms with E-state index in [-0.39, 0.29) is 5.41 Å². The predicted molar refractivity (Wildman–Crippen MR) is 255 cm³/mol. The fraction of sp³-hybridized carbons (Fsp3) is 0.0526. The minimum atomic E-state index is -0.0703. The number of fused-ring (bicyclic) bond motifs is 11. The molecule has 282 valence electrons. The molecule has 0 N–H and O–H groups in total. The molecule has 0 radical (unpaired) electrons. The number of hydrogen-bond donors (Lipinski definition) is 0. The molecular formula is C57H37NOS. The van der Waals surface area contributed by atoms with Gasteiger partial charge in [0, 0.05) is 59.7 Å². The van der Waals surface area contributed by atoms with Gasteiger partial charge in [-0.1, -0.05) is 135 Å². The Morgan fingerprint density at radius 2 is 1.03 bits per heavy atom. The van der Waals surface area contributed by atoms with E-state index in [0.29, 0.717) is 0 Å². The van der Waals surface area contributed by atoms with E-state index in [1.807, 2.05) is 11.3 Å². The quantitative estimate of drug-likeness (QED) is 0.165. The number of benzene rings is 10. The van der Waals surface area contributed by atoms with Gasteiger partial charge in [-0.05, 0) is 127 Å². The Bertz CT molecular complexity index is 3630. The van der Waals surface area contributed by atoms with Crippen LogP contribution in [0.15, 0.2) is 188 Å². The first-order valence-corrected chi connectivity index (χ1v) is 21.6. The molecule has 1 aliphatic heterocycles. The summed E-state index contributed by atoms with van der Waals surface area (Å²) in [4.78, 5) is 2.41. The highest BCUT2D eigenvalue weighted by Crippen LogP contribution is 2.54. The highest BCUT2D eigenvalue weighted by Gasteiger charge is 2.36. The lowest BCUT2D eigenvalue weighted by molar-refractivity contribution is 0.487. The van der Waals surface area contributed by atoms with E-state index in [2.05, 4.69) is 207 Å². The highest BCUT2D eigenvalue weighted by molar-refractivity contribution is 7.25. The lowest BCUT2D eigenvalue weighted by atomic mass is 9.82. The van der Waals surface area contributed by atoms with E-state index in [1.54, 1.807) is 0 Å². The number of nitrogens with zero attached hydrogens (tertiary/aromatic N) is 1. The number of ether oxygens (including phenoxy) is 1. The second-order valence-corrected chi connectivity index (χ2v) is 17.9. The minimum absolute atomic E-state index is 0.0703. The van der Waals surface area contributed by atoms with E-state index in [0.717, 1.165) is 39.5 Å². The number of rotatable bonds is 4. The first kappa shape index (κ1) is 33.7. The van der Waals surface area contributed by atoms with Gasteiger partial charge in [0.05, 0.1) is 0 Å². The van der Waals surface area contributed by atoms with Crippen molar-refractivity contribution in [2.45, 2.75) is 19.3 Å². The van der Waals surface area contributed by atoms with E-state index >= 15 is 0 Å². The number of hydrogen-bond acceptors (Lipinski definition) is 3. The van der Waals surface area contributed by atoms with E-state index < -0.39 is 0 Å². The SMILES string of the molecule is CC1(C)c2ccccc2-c2cc(N(c3ccc4c(c3)Oc3ccc(-c5cc6ccccc6c6ccccc56)c5cccc-4c35)c3ccc4sc5ccccc5c4c3)ccc21. The molecule has 1 aliphatic carbocycles. The Kier molecular flexibility index (Phi) is 6.98. The molecule has 3 heteroatoms. The highest BCUT2D eigenvalue weighted by atomic mass is 32.1. The van der Waals surface area contributed by atoms with Gasteiger partial charge < -0.3 is 9.64 Å². The van der Waals surface area contributed by atoms with Gasteiger partial charge in [-0.2, -0.15) is 0 Å². The fourth-order valence-electron chi connectivity index (χ4n) is 10.4. The predicted octanol–water partition coefficient (Wildman–Crippen LogP) is 16.7. The molecule has 13 rings (SSSR count). The third-order valence-corrected chi connectivity index (χ3v) is 14.4. The topological polar surface area (TPSA) is 12.5 Å². The van der Waals surface area contributed by atoms with E-state index in [1.165, 1.54) is 86.0 Å². The van der Waals surface area contributed by atoms with Crippen LogP contribution in [0.1, 0.15) is 25.0 Å². The van der Waals surface area contributed by atoms with Crippen LogP contribution in [0.4, 0.5) is 17.1 Å². The summed E-state index contributed by atoms with van der Waals surface area (Å²) in [5.74, 6) is 1.74. The lowest BCUT2D eigenvalue weighted by Gasteiger charge is -2.29. The summed E-state index contributed by atoms with van der Waals surface area (Å²) < 4.78 is 9.59. The maximum Gasteiger partial charge on any atom is 0.137 e. The van der Waals surface area contributed by atoms with Crippen molar-refractivity contribution in [2.24, 2.45) is 0 Å². The van der Waals surface area contributed by atoms with E-state index in [9.17, 15) is 0 Å². The molecule has 2 heterocycles. The van der Waals surface area contributed by atoms with Gasteiger partial charge >= 0.3 is 0 Å². The maximum atomic E-state index is 7.00. The average Bonchev–Trinajstić information content (AvgIpc) is 3.77. The standard InChI is InChI=1S/C57H37NOS/c1-57(2)50-20-9-7-16-42(50)48-31-35(23-27-51(48)57)58(36-24-29-55-49(32-36)44-17-8-10-21-54(44)60-55)37-22-25-43-46-19-11-18-45-41(26-28-52(56(45)46)59-53(43)33-37)47-30-34-12-3-4-13-38(34)39-14-5-6-15-40(39)47/h3-33H,1-2H3. The van der Waals surface area contributed by atoms with Crippen molar-refractivity contribution < 1.29 is 4.74 Å². The van der Waals surface area contributed by atoms with Gasteiger partial charge in [0.25, 0.3) is 0 Å². The zero-order valence-electron chi connectivity index (χ0n) is 33.2. The molecule has 2 aliphatic rings. The first-order valence-electron chi connectivity index (χ1n) is 20.7. The van der Waals surface area contributed by atoms with Crippen molar-refractivity contribution in [1.82, 2.24) is 0 Å². The van der Waals surface area contributed by atoms with Gasteiger partial charge in [-0.15, -0.1) is 11.3 Å². The Morgan fingerprint density at radius 1 is 0.383 bits per heavy atom. The molecule has 0 spiro atoms. The van der Waals surface area contributed by atoms with Crippen molar-refractivity contribution in [1.29, 1.82) is 0 Å². The molecule has 0 unspecified atom stereocenters. The number of anilines is 3. The normalized spacial score (nSPS) is 13.4. The Labute approximate surface area is 352 Å². The molecular weight excluding hydrogens is 747 g/mol. The fourth-order valence-corrected chi connectivity index (χ4v) is 11.5. The van der Waals surface area contributed by atoms with Crippen LogP contribution in [-0.4, -0.2) is 0 Å². The van der Waals surface area contributed by atoms with Crippen LogP contribution in [0, 0.1) is 0 Å². The molecule has 11 aromatic rings. The number of thiophene rings is 1. The Morgan fingerprint density at radius 3 is 1.95 bits per heavy atom. The van der Waals surface area contributed by atoms with Crippen molar-refractivity contribution >= 4 is 80.9 Å². The van der Waals surface area contributed by atoms with Crippen molar-refractivity contribution in [2.75, 3.05) is 4.90 Å². The third kappa shape index (κ3) is 4.75. The molecule has 0 atom stereocenters. The van der Waals surface area contributed by atoms with Crippen LogP contribution in [0.25, 0.3) is 85.9 Å². The van der Waals surface area contributed by atoms with Crippen LogP contribution in [0.5, 0.6) is 11.5 Å². The van der Waals surface area contributed by atoms with Gasteiger partial charge in [0.2, 0.25) is 0 Å².